The van der Waals surface area contributed by atoms with Crippen LogP contribution in [0.2, 0.25) is 0 Å². The molecule has 0 radical (unpaired) electrons. The highest BCUT2D eigenvalue weighted by molar-refractivity contribution is 4.87. The summed E-state index contributed by atoms with van der Waals surface area (Å²) in [5.74, 6) is 0.360. The van der Waals surface area contributed by atoms with E-state index in [1.165, 1.54) is 6.42 Å². The molecule has 0 bridgehead atoms. The van der Waals surface area contributed by atoms with Crippen LogP contribution in [0.4, 0.5) is 13.2 Å². The normalized spacial score (nSPS) is 41.2. The molecule has 1 nitrogen and oxygen atoms in total. The van der Waals surface area contributed by atoms with E-state index in [4.69, 9.17) is 0 Å². The van der Waals surface area contributed by atoms with Gasteiger partial charge in [0.2, 0.25) is 0 Å². The van der Waals surface area contributed by atoms with Crippen LogP contribution in [0.5, 0.6) is 0 Å². The molecule has 19 heavy (non-hydrogen) atoms. The molecule has 0 aliphatic heterocycles. The number of halogens is 3. The average Bonchev–Trinajstić information content (AvgIpc) is 2.33. The first kappa shape index (κ1) is 15.1. The Bertz CT molecular complexity index is 290. The highest BCUT2D eigenvalue weighted by Crippen LogP contribution is 2.38. The second-order valence-electron chi connectivity index (χ2n) is 6.73. The van der Waals surface area contributed by atoms with Crippen molar-refractivity contribution < 1.29 is 13.2 Å². The third kappa shape index (κ3) is 4.11. The predicted molar refractivity (Wildman–Crippen MR) is 70.9 cm³/mol. The minimum atomic E-state index is -4.01. The fraction of sp³-hybridized carbons (Fsp3) is 1.00. The first-order valence-corrected chi connectivity index (χ1v) is 7.69. The minimum absolute atomic E-state index is 0.0750. The van der Waals surface area contributed by atoms with E-state index >= 15 is 0 Å². The van der Waals surface area contributed by atoms with Crippen molar-refractivity contribution in [2.75, 3.05) is 0 Å². The molecule has 0 saturated heterocycles. The molecule has 0 aromatic carbocycles. The van der Waals surface area contributed by atoms with Crippen molar-refractivity contribution in [2.45, 2.75) is 77.1 Å². The second-order valence-corrected chi connectivity index (χ2v) is 6.73. The van der Waals surface area contributed by atoms with Crippen molar-refractivity contribution in [3.05, 3.63) is 0 Å². The molecule has 2 aliphatic rings. The summed E-state index contributed by atoms with van der Waals surface area (Å²) in [6.07, 6.45) is 1.66. The molecule has 1 N–H and O–H groups in total. The molecule has 2 saturated carbocycles. The van der Waals surface area contributed by atoms with E-state index in [0.717, 1.165) is 25.2 Å². The van der Waals surface area contributed by atoms with Gasteiger partial charge in [-0.2, -0.15) is 13.2 Å². The van der Waals surface area contributed by atoms with Crippen LogP contribution in [-0.4, -0.2) is 18.3 Å². The molecule has 4 heteroatoms. The molecule has 5 unspecified atom stereocenters. The SMILES string of the molecule is CC1CCC(NC2CCCC(C(F)(F)F)C2)CC1C. The van der Waals surface area contributed by atoms with E-state index in [0.29, 0.717) is 24.8 Å². The molecule has 2 rings (SSSR count). The fourth-order valence-electron chi connectivity index (χ4n) is 3.67. The van der Waals surface area contributed by atoms with Crippen LogP contribution >= 0.6 is 0 Å². The van der Waals surface area contributed by atoms with Gasteiger partial charge in [-0.1, -0.05) is 20.3 Å². The van der Waals surface area contributed by atoms with E-state index in [1.54, 1.807) is 0 Å². The Morgan fingerprint density at radius 2 is 1.53 bits per heavy atom. The maximum atomic E-state index is 12.8. The van der Waals surface area contributed by atoms with Crippen molar-refractivity contribution in [2.24, 2.45) is 17.8 Å². The summed E-state index contributed by atoms with van der Waals surface area (Å²) >= 11 is 0. The van der Waals surface area contributed by atoms with Gasteiger partial charge in [0.05, 0.1) is 5.92 Å². The van der Waals surface area contributed by atoms with E-state index in [-0.39, 0.29) is 12.5 Å². The van der Waals surface area contributed by atoms with Crippen LogP contribution in [-0.2, 0) is 0 Å². The molecule has 0 aromatic heterocycles. The monoisotopic (exact) mass is 277 g/mol. The summed E-state index contributed by atoms with van der Waals surface area (Å²) in [4.78, 5) is 0. The molecular formula is C15H26F3N. The number of nitrogens with one attached hydrogen (secondary N) is 1. The Morgan fingerprint density at radius 1 is 0.842 bits per heavy atom. The summed E-state index contributed by atoms with van der Waals surface area (Å²) in [6.45, 7) is 4.54. The van der Waals surface area contributed by atoms with E-state index in [1.807, 2.05) is 0 Å². The summed E-state index contributed by atoms with van der Waals surface area (Å²) in [7, 11) is 0. The molecule has 0 heterocycles. The topological polar surface area (TPSA) is 12.0 Å². The second kappa shape index (κ2) is 6.02. The standard InChI is InChI=1S/C15H26F3N/c1-10-6-7-14(8-11(10)2)19-13-5-3-4-12(9-13)15(16,17)18/h10-14,19H,3-9H2,1-2H3. The van der Waals surface area contributed by atoms with Crippen molar-refractivity contribution in [3.63, 3.8) is 0 Å². The van der Waals surface area contributed by atoms with Gasteiger partial charge >= 0.3 is 6.18 Å². The highest BCUT2D eigenvalue weighted by atomic mass is 19.4. The zero-order chi connectivity index (χ0) is 14.0. The van der Waals surface area contributed by atoms with Crippen molar-refractivity contribution in [1.82, 2.24) is 5.32 Å². The highest BCUT2D eigenvalue weighted by Gasteiger charge is 2.42. The molecule has 5 atom stereocenters. The van der Waals surface area contributed by atoms with Crippen molar-refractivity contribution >= 4 is 0 Å². The van der Waals surface area contributed by atoms with Gasteiger partial charge in [0.15, 0.2) is 0 Å². The molecule has 2 fully saturated rings. The van der Waals surface area contributed by atoms with Crippen LogP contribution in [0, 0.1) is 17.8 Å². The van der Waals surface area contributed by atoms with Crippen molar-refractivity contribution in [3.8, 4) is 0 Å². The van der Waals surface area contributed by atoms with Crippen LogP contribution in [0.3, 0.4) is 0 Å². The lowest BCUT2D eigenvalue weighted by Crippen LogP contribution is -2.45. The Kier molecular flexibility index (Phi) is 4.80. The fourth-order valence-corrected chi connectivity index (χ4v) is 3.67. The summed E-state index contributed by atoms with van der Waals surface area (Å²) in [6, 6.07) is 0.508. The average molecular weight is 277 g/mol. The van der Waals surface area contributed by atoms with Crippen LogP contribution in [0.15, 0.2) is 0 Å². The van der Waals surface area contributed by atoms with Gasteiger partial charge < -0.3 is 5.32 Å². The van der Waals surface area contributed by atoms with Crippen molar-refractivity contribution in [1.29, 1.82) is 0 Å². The molecule has 2 aliphatic carbocycles. The number of hydrogen-bond acceptors (Lipinski definition) is 1. The zero-order valence-corrected chi connectivity index (χ0v) is 12.0. The van der Waals surface area contributed by atoms with E-state index in [9.17, 15) is 13.2 Å². The van der Waals surface area contributed by atoms with Gasteiger partial charge in [-0.25, -0.2) is 0 Å². The minimum Gasteiger partial charge on any atom is -0.311 e. The van der Waals surface area contributed by atoms with Gasteiger partial charge in [0.25, 0.3) is 0 Å². The molecule has 0 amide bonds. The lowest BCUT2D eigenvalue weighted by atomic mass is 9.78. The zero-order valence-electron chi connectivity index (χ0n) is 12.0. The van der Waals surface area contributed by atoms with Crippen LogP contribution < -0.4 is 5.32 Å². The predicted octanol–water partition coefficient (Wildman–Crippen LogP) is 4.52. The number of hydrogen-bond donors (Lipinski definition) is 1. The quantitative estimate of drug-likeness (QED) is 0.782. The summed E-state index contributed by atoms with van der Waals surface area (Å²) in [5.41, 5.74) is 0. The number of rotatable bonds is 2. The van der Waals surface area contributed by atoms with Gasteiger partial charge in [0, 0.05) is 12.1 Å². The Hall–Kier alpha value is -0.250. The Labute approximate surface area is 114 Å². The Balaban J connectivity index is 1.82. The molecule has 0 spiro atoms. The summed E-state index contributed by atoms with van der Waals surface area (Å²) < 4.78 is 38.3. The van der Waals surface area contributed by atoms with Crippen LogP contribution in [0.1, 0.15) is 58.8 Å². The third-order valence-corrected chi connectivity index (χ3v) is 5.21. The van der Waals surface area contributed by atoms with Gasteiger partial charge in [0.1, 0.15) is 0 Å². The smallest absolute Gasteiger partial charge is 0.311 e. The molecular weight excluding hydrogens is 251 g/mol. The number of alkyl halides is 3. The maximum Gasteiger partial charge on any atom is 0.391 e. The Morgan fingerprint density at radius 3 is 2.16 bits per heavy atom. The van der Waals surface area contributed by atoms with Gasteiger partial charge in [-0.15, -0.1) is 0 Å². The summed E-state index contributed by atoms with van der Waals surface area (Å²) in [5, 5.41) is 3.51. The first-order chi connectivity index (χ1) is 8.86. The third-order valence-electron chi connectivity index (χ3n) is 5.21. The van der Waals surface area contributed by atoms with Crippen LogP contribution in [0.25, 0.3) is 0 Å². The largest absolute Gasteiger partial charge is 0.391 e. The van der Waals surface area contributed by atoms with E-state index in [2.05, 4.69) is 19.2 Å². The lowest BCUT2D eigenvalue weighted by molar-refractivity contribution is -0.184. The van der Waals surface area contributed by atoms with Gasteiger partial charge in [-0.3, -0.25) is 0 Å². The van der Waals surface area contributed by atoms with E-state index < -0.39 is 12.1 Å². The van der Waals surface area contributed by atoms with Gasteiger partial charge in [-0.05, 0) is 50.4 Å². The molecule has 0 aromatic rings. The maximum absolute atomic E-state index is 12.8. The molecule has 112 valence electrons. The first-order valence-electron chi connectivity index (χ1n) is 7.69. The lowest BCUT2D eigenvalue weighted by Gasteiger charge is -2.38.